The maximum absolute atomic E-state index is 12.6. The van der Waals surface area contributed by atoms with Gasteiger partial charge < -0.3 is 10.5 Å². The van der Waals surface area contributed by atoms with Crippen LogP contribution in [-0.4, -0.2) is 39.0 Å². The molecule has 20 heavy (non-hydrogen) atoms. The minimum absolute atomic E-state index is 0. The van der Waals surface area contributed by atoms with Crippen LogP contribution in [0.3, 0.4) is 0 Å². The molecule has 0 amide bonds. The fourth-order valence-electron chi connectivity index (χ4n) is 2.31. The largest absolute Gasteiger partial charge is 0.495 e. The Kier molecular flexibility index (Phi) is 5.82. The van der Waals surface area contributed by atoms with Gasteiger partial charge in [0.2, 0.25) is 10.0 Å². The van der Waals surface area contributed by atoms with Gasteiger partial charge in [0.05, 0.1) is 7.11 Å². The van der Waals surface area contributed by atoms with E-state index in [-0.39, 0.29) is 29.3 Å². The van der Waals surface area contributed by atoms with Crippen molar-refractivity contribution < 1.29 is 13.2 Å². The Labute approximate surface area is 126 Å². The molecule has 2 N–H and O–H groups in total. The molecule has 5 nitrogen and oxygen atoms in total. The average Bonchev–Trinajstić information content (AvgIpc) is 2.41. The molecule has 1 fully saturated rings. The van der Waals surface area contributed by atoms with Crippen LogP contribution in [0, 0.1) is 5.92 Å². The third-order valence-electron chi connectivity index (χ3n) is 3.62. The van der Waals surface area contributed by atoms with Crippen molar-refractivity contribution in [2.75, 3.05) is 20.2 Å². The van der Waals surface area contributed by atoms with Crippen LogP contribution in [0.5, 0.6) is 5.75 Å². The van der Waals surface area contributed by atoms with Crippen LogP contribution < -0.4 is 10.5 Å². The highest BCUT2D eigenvalue weighted by atomic mass is 35.5. The molecular weight excluding hydrogens is 300 g/mol. The zero-order valence-corrected chi connectivity index (χ0v) is 13.3. The summed E-state index contributed by atoms with van der Waals surface area (Å²) in [6, 6.07) is 6.77. The van der Waals surface area contributed by atoms with Gasteiger partial charge in [0.25, 0.3) is 0 Å². The van der Waals surface area contributed by atoms with Gasteiger partial charge in [-0.2, -0.15) is 4.31 Å². The molecule has 0 saturated carbocycles. The quantitative estimate of drug-likeness (QED) is 0.915. The lowest BCUT2D eigenvalue weighted by Gasteiger charge is -2.34. The summed E-state index contributed by atoms with van der Waals surface area (Å²) in [5.41, 5.74) is 5.93. The summed E-state index contributed by atoms with van der Waals surface area (Å²) in [5.74, 6) is 0.545. The second-order valence-electron chi connectivity index (χ2n) is 4.94. The number of sulfonamides is 1. The van der Waals surface area contributed by atoms with E-state index in [0.717, 1.165) is 0 Å². The predicted molar refractivity (Wildman–Crippen MR) is 80.8 cm³/mol. The number of nitrogens with two attached hydrogens (primary N) is 1. The van der Waals surface area contributed by atoms with Crippen LogP contribution in [0.1, 0.15) is 13.3 Å². The summed E-state index contributed by atoms with van der Waals surface area (Å²) in [6.45, 7) is 2.90. The molecular formula is C13H21ClN2O3S. The molecule has 0 spiro atoms. The van der Waals surface area contributed by atoms with E-state index < -0.39 is 10.0 Å². The van der Waals surface area contributed by atoms with Crippen molar-refractivity contribution in [1.82, 2.24) is 4.31 Å². The van der Waals surface area contributed by atoms with Crippen LogP contribution in [0.4, 0.5) is 0 Å². The van der Waals surface area contributed by atoms with E-state index in [0.29, 0.717) is 25.3 Å². The fourth-order valence-corrected chi connectivity index (χ4v) is 4.03. The Morgan fingerprint density at radius 2 is 2.00 bits per heavy atom. The Morgan fingerprint density at radius 1 is 1.35 bits per heavy atom. The number of nitrogens with zero attached hydrogens (tertiary/aromatic N) is 1. The molecule has 0 bridgehead atoms. The van der Waals surface area contributed by atoms with Crippen LogP contribution in [0.15, 0.2) is 29.2 Å². The van der Waals surface area contributed by atoms with Crippen LogP contribution in [-0.2, 0) is 10.0 Å². The number of hydrogen-bond donors (Lipinski definition) is 1. The third kappa shape index (κ3) is 3.25. The first kappa shape index (κ1) is 17.2. The molecule has 2 atom stereocenters. The van der Waals surface area contributed by atoms with Gasteiger partial charge in [-0.05, 0) is 24.5 Å². The summed E-state index contributed by atoms with van der Waals surface area (Å²) in [7, 11) is -2.03. The minimum atomic E-state index is -3.51. The van der Waals surface area contributed by atoms with E-state index in [1.807, 2.05) is 6.92 Å². The highest BCUT2D eigenvalue weighted by molar-refractivity contribution is 7.89. The topological polar surface area (TPSA) is 72.6 Å². The SMILES string of the molecule is COc1ccccc1S(=O)(=O)N1CCC(N)C(C)C1.Cl. The lowest BCUT2D eigenvalue weighted by molar-refractivity contribution is 0.249. The molecule has 1 aliphatic heterocycles. The summed E-state index contributed by atoms with van der Waals surface area (Å²) in [6.07, 6.45) is 0.690. The van der Waals surface area contributed by atoms with Crippen molar-refractivity contribution in [1.29, 1.82) is 0 Å². The minimum Gasteiger partial charge on any atom is -0.495 e. The Balaban J connectivity index is 0.00000200. The van der Waals surface area contributed by atoms with Crippen LogP contribution in [0.2, 0.25) is 0 Å². The molecule has 2 unspecified atom stereocenters. The molecule has 0 aliphatic carbocycles. The summed E-state index contributed by atoms with van der Waals surface area (Å²) in [5, 5.41) is 0. The van der Waals surface area contributed by atoms with Crippen molar-refractivity contribution in [2.45, 2.75) is 24.3 Å². The van der Waals surface area contributed by atoms with E-state index in [4.69, 9.17) is 10.5 Å². The van der Waals surface area contributed by atoms with Crippen LogP contribution >= 0.6 is 12.4 Å². The van der Waals surface area contributed by atoms with Gasteiger partial charge in [-0.15, -0.1) is 12.4 Å². The fraction of sp³-hybridized carbons (Fsp3) is 0.538. The third-order valence-corrected chi connectivity index (χ3v) is 5.53. The maximum Gasteiger partial charge on any atom is 0.246 e. The standard InChI is InChI=1S/C13H20N2O3S.ClH/c1-10-9-15(8-7-11(10)14)19(16,17)13-6-4-3-5-12(13)18-2;/h3-6,10-11H,7-9,14H2,1-2H3;1H. The Hall–Kier alpha value is -0.820. The first-order valence-electron chi connectivity index (χ1n) is 6.35. The zero-order chi connectivity index (χ0) is 14.0. The summed E-state index contributed by atoms with van der Waals surface area (Å²) >= 11 is 0. The molecule has 1 aliphatic rings. The molecule has 1 aromatic carbocycles. The van der Waals surface area contributed by atoms with Gasteiger partial charge in [0.1, 0.15) is 10.6 Å². The highest BCUT2D eigenvalue weighted by Crippen LogP contribution is 2.28. The van der Waals surface area contributed by atoms with Gasteiger partial charge >= 0.3 is 0 Å². The number of rotatable bonds is 3. The lowest BCUT2D eigenvalue weighted by atomic mass is 9.96. The van der Waals surface area contributed by atoms with Crippen LogP contribution in [0.25, 0.3) is 0 Å². The van der Waals surface area contributed by atoms with E-state index in [9.17, 15) is 8.42 Å². The van der Waals surface area contributed by atoms with Crippen molar-refractivity contribution in [2.24, 2.45) is 11.7 Å². The normalized spacial score (nSPS) is 23.9. The maximum atomic E-state index is 12.6. The molecule has 2 rings (SSSR count). The number of halogens is 1. The van der Waals surface area contributed by atoms with Crippen molar-refractivity contribution in [3.63, 3.8) is 0 Å². The molecule has 7 heteroatoms. The smallest absolute Gasteiger partial charge is 0.246 e. The van der Waals surface area contributed by atoms with Gasteiger partial charge in [-0.25, -0.2) is 8.42 Å². The number of piperidine rings is 1. The van der Waals surface area contributed by atoms with E-state index in [1.165, 1.54) is 11.4 Å². The molecule has 1 saturated heterocycles. The van der Waals surface area contributed by atoms with E-state index in [2.05, 4.69) is 0 Å². The number of hydrogen-bond acceptors (Lipinski definition) is 4. The highest BCUT2D eigenvalue weighted by Gasteiger charge is 2.33. The Bertz CT molecular complexity index is 550. The monoisotopic (exact) mass is 320 g/mol. The van der Waals surface area contributed by atoms with Gasteiger partial charge in [0, 0.05) is 19.1 Å². The second-order valence-corrected chi connectivity index (χ2v) is 6.85. The molecule has 114 valence electrons. The van der Waals surface area contributed by atoms with Crippen molar-refractivity contribution in [3.8, 4) is 5.75 Å². The van der Waals surface area contributed by atoms with Gasteiger partial charge in [-0.1, -0.05) is 19.1 Å². The van der Waals surface area contributed by atoms with Crippen molar-refractivity contribution >= 4 is 22.4 Å². The Morgan fingerprint density at radius 3 is 2.60 bits per heavy atom. The van der Waals surface area contributed by atoms with E-state index >= 15 is 0 Å². The zero-order valence-electron chi connectivity index (χ0n) is 11.7. The predicted octanol–water partition coefficient (Wildman–Crippen LogP) is 1.47. The number of ether oxygens (including phenoxy) is 1. The second kappa shape index (κ2) is 6.76. The van der Waals surface area contributed by atoms with Gasteiger partial charge in [-0.3, -0.25) is 0 Å². The summed E-state index contributed by atoms with van der Waals surface area (Å²) in [4.78, 5) is 0.222. The van der Waals surface area contributed by atoms with E-state index in [1.54, 1.807) is 24.3 Å². The first-order chi connectivity index (χ1) is 8.96. The first-order valence-corrected chi connectivity index (χ1v) is 7.79. The number of benzene rings is 1. The number of methoxy groups -OCH3 is 1. The lowest BCUT2D eigenvalue weighted by Crippen LogP contribution is -2.48. The molecule has 1 heterocycles. The van der Waals surface area contributed by atoms with Gasteiger partial charge in [0.15, 0.2) is 0 Å². The molecule has 1 aromatic rings. The van der Waals surface area contributed by atoms with Crippen molar-refractivity contribution in [3.05, 3.63) is 24.3 Å². The molecule has 0 aromatic heterocycles. The average molecular weight is 321 g/mol. The summed E-state index contributed by atoms with van der Waals surface area (Å²) < 4.78 is 31.9. The number of para-hydroxylation sites is 1. The molecule has 0 radical (unpaired) electrons.